The lowest BCUT2D eigenvalue weighted by Crippen LogP contribution is -2.45. The maximum absolute atomic E-state index is 13.8. The van der Waals surface area contributed by atoms with E-state index in [2.05, 4.69) is 23.7 Å². The molecule has 1 aliphatic rings. The van der Waals surface area contributed by atoms with Gasteiger partial charge in [-0.05, 0) is 51.0 Å². The number of methoxy groups -OCH3 is 1. The maximum atomic E-state index is 13.8. The molecule has 32 heavy (non-hydrogen) atoms. The van der Waals surface area contributed by atoms with Crippen LogP contribution in [0.4, 0.5) is 10.1 Å². The number of hydrogen-bond acceptors (Lipinski definition) is 6. The van der Waals surface area contributed by atoms with E-state index in [1.807, 2.05) is 12.1 Å². The zero-order valence-electron chi connectivity index (χ0n) is 18.8. The van der Waals surface area contributed by atoms with E-state index >= 15 is 0 Å². The first kappa shape index (κ1) is 22.1. The van der Waals surface area contributed by atoms with Crippen LogP contribution < -0.4 is 19.9 Å². The van der Waals surface area contributed by atoms with Crippen LogP contribution >= 0.6 is 0 Å². The first-order chi connectivity index (χ1) is 15.5. The lowest BCUT2D eigenvalue weighted by molar-refractivity contribution is 0.0846. The van der Waals surface area contributed by atoms with Crippen molar-refractivity contribution in [3.8, 4) is 23.0 Å². The van der Waals surface area contributed by atoms with E-state index < -0.39 is 5.82 Å². The number of nitrogens with zero attached hydrogens (tertiary/aromatic N) is 2. The minimum atomic E-state index is -0.522. The Kier molecular flexibility index (Phi) is 6.65. The molecule has 170 valence electrons. The number of piperidine rings is 1. The number of ether oxygens (including phenoxy) is 3. The number of pyridine rings is 1. The number of benzene rings is 2. The molecule has 2 N–H and O–H groups in total. The molecule has 0 bridgehead atoms. The van der Waals surface area contributed by atoms with Gasteiger partial charge in [0.05, 0.1) is 18.3 Å². The third kappa shape index (κ3) is 4.72. The highest BCUT2D eigenvalue weighted by Gasteiger charge is 2.24. The summed E-state index contributed by atoms with van der Waals surface area (Å²) in [6.07, 6.45) is 5.40. The number of hydrogen-bond donors (Lipinski definition) is 1. The van der Waals surface area contributed by atoms with Crippen LogP contribution in [0.3, 0.4) is 0 Å². The molecule has 2 heterocycles. The standard InChI is InChI=1S/C25H30FN3O3/c1-16-5-4-6-17(2)29(16)11-12-31-25-15-22-19(14-24(25)30-3)23(9-10-28-22)32-18-7-8-21(27)20(26)13-18/h7-10,13-17H,4-6,11-12,27H2,1-3H3. The van der Waals surface area contributed by atoms with Gasteiger partial charge >= 0.3 is 0 Å². The Bertz CT molecular complexity index is 1080. The van der Waals surface area contributed by atoms with Crippen molar-refractivity contribution >= 4 is 16.6 Å². The van der Waals surface area contributed by atoms with Gasteiger partial charge in [-0.25, -0.2) is 4.39 Å². The molecule has 3 aromatic rings. The average Bonchev–Trinajstić information content (AvgIpc) is 2.78. The summed E-state index contributed by atoms with van der Waals surface area (Å²) in [5.74, 6) is 1.61. The van der Waals surface area contributed by atoms with Crippen LogP contribution in [0.5, 0.6) is 23.0 Å². The molecule has 6 nitrogen and oxygen atoms in total. The van der Waals surface area contributed by atoms with E-state index in [4.69, 9.17) is 19.9 Å². The minimum Gasteiger partial charge on any atom is -0.493 e. The van der Waals surface area contributed by atoms with Gasteiger partial charge in [0, 0.05) is 42.3 Å². The van der Waals surface area contributed by atoms with Gasteiger partial charge in [0.2, 0.25) is 0 Å². The molecule has 0 spiro atoms. The number of fused-ring (bicyclic) bond motifs is 1. The Morgan fingerprint density at radius 3 is 2.56 bits per heavy atom. The number of aromatic nitrogens is 1. The van der Waals surface area contributed by atoms with Crippen molar-refractivity contribution in [3.63, 3.8) is 0 Å². The maximum Gasteiger partial charge on any atom is 0.163 e. The van der Waals surface area contributed by atoms with E-state index in [0.717, 1.165) is 11.9 Å². The van der Waals surface area contributed by atoms with E-state index in [1.54, 1.807) is 25.4 Å². The Morgan fingerprint density at radius 2 is 1.84 bits per heavy atom. The summed E-state index contributed by atoms with van der Waals surface area (Å²) in [6.45, 7) is 6.00. The fraction of sp³-hybridized carbons (Fsp3) is 0.400. The summed E-state index contributed by atoms with van der Waals surface area (Å²) in [6, 6.07) is 10.9. The van der Waals surface area contributed by atoms with Crippen molar-refractivity contribution in [3.05, 3.63) is 48.4 Å². The molecule has 1 aromatic heterocycles. The van der Waals surface area contributed by atoms with Crippen molar-refractivity contribution in [2.75, 3.05) is 26.0 Å². The van der Waals surface area contributed by atoms with Crippen LogP contribution in [0.25, 0.3) is 10.9 Å². The highest BCUT2D eigenvalue weighted by molar-refractivity contribution is 5.88. The molecular weight excluding hydrogens is 409 g/mol. The zero-order valence-corrected chi connectivity index (χ0v) is 18.8. The van der Waals surface area contributed by atoms with E-state index in [1.165, 1.54) is 31.4 Å². The minimum absolute atomic E-state index is 0.0775. The van der Waals surface area contributed by atoms with Gasteiger partial charge in [0.25, 0.3) is 0 Å². The predicted molar refractivity (Wildman–Crippen MR) is 124 cm³/mol. The molecule has 1 saturated heterocycles. The Balaban J connectivity index is 1.54. The van der Waals surface area contributed by atoms with Crippen LogP contribution in [-0.2, 0) is 0 Å². The average molecular weight is 440 g/mol. The molecule has 0 amide bonds. The summed E-state index contributed by atoms with van der Waals surface area (Å²) in [7, 11) is 1.61. The molecule has 0 aliphatic carbocycles. The third-order valence-corrected chi connectivity index (χ3v) is 6.17. The summed E-state index contributed by atoms with van der Waals surface area (Å²) in [5.41, 5.74) is 6.34. The zero-order chi connectivity index (χ0) is 22.7. The number of nitrogen functional groups attached to an aromatic ring is 1. The number of rotatable bonds is 7. The number of halogens is 1. The quantitative estimate of drug-likeness (QED) is 0.497. The van der Waals surface area contributed by atoms with Gasteiger partial charge in [-0.2, -0.15) is 0 Å². The van der Waals surface area contributed by atoms with Crippen molar-refractivity contribution in [1.82, 2.24) is 9.88 Å². The topological polar surface area (TPSA) is 69.8 Å². The van der Waals surface area contributed by atoms with Crippen LogP contribution in [0.1, 0.15) is 33.1 Å². The van der Waals surface area contributed by atoms with Gasteiger partial charge in [-0.1, -0.05) is 6.42 Å². The van der Waals surface area contributed by atoms with E-state index in [9.17, 15) is 4.39 Å². The highest BCUT2D eigenvalue weighted by atomic mass is 19.1. The van der Waals surface area contributed by atoms with Crippen LogP contribution in [-0.4, -0.2) is 42.2 Å². The monoisotopic (exact) mass is 439 g/mol. The third-order valence-electron chi connectivity index (χ3n) is 6.17. The van der Waals surface area contributed by atoms with Crippen molar-refractivity contribution < 1.29 is 18.6 Å². The smallest absolute Gasteiger partial charge is 0.163 e. The van der Waals surface area contributed by atoms with Gasteiger partial charge in [0.15, 0.2) is 11.5 Å². The molecule has 4 rings (SSSR count). The second-order valence-corrected chi connectivity index (χ2v) is 8.33. The second kappa shape index (κ2) is 9.61. The fourth-order valence-corrected chi connectivity index (χ4v) is 4.36. The highest BCUT2D eigenvalue weighted by Crippen LogP contribution is 2.37. The van der Waals surface area contributed by atoms with E-state index in [0.29, 0.717) is 47.2 Å². The largest absolute Gasteiger partial charge is 0.493 e. The number of likely N-dealkylation sites (tertiary alicyclic amines) is 1. The van der Waals surface area contributed by atoms with Crippen LogP contribution in [0.2, 0.25) is 0 Å². The Morgan fingerprint density at radius 1 is 1.06 bits per heavy atom. The molecule has 1 fully saturated rings. The Labute approximate surface area is 188 Å². The first-order valence-electron chi connectivity index (χ1n) is 11.0. The second-order valence-electron chi connectivity index (χ2n) is 8.33. The van der Waals surface area contributed by atoms with Gasteiger partial charge in [-0.3, -0.25) is 9.88 Å². The van der Waals surface area contributed by atoms with Gasteiger partial charge in [-0.15, -0.1) is 0 Å². The summed E-state index contributed by atoms with van der Waals surface area (Å²) in [5, 5.41) is 0.743. The lowest BCUT2D eigenvalue weighted by atomic mass is 9.98. The molecule has 2 unspecified atom stereocenters. The fourth-order valence-electron chi connectivity index (χ4n) is 4.36. The van der Waals surface area contributed by atoms with Gasteiger partial charge in [0.1, 0.15) is 23.9 Å². The predicted octanol–water partition coefficient (Wildman–Crippen LogP) is 5.40. The summed E-state index contributed by atoms with van der Waals surface area (Å²) in [4.78, 5) is 6.96. The van der Waals surface area contributed by atoms with Crippen LogP contribution in [0, 0.1) is 5.82 Å². The first-order valence-corrected chi connectivity index (χ1v) is 11.0. The molecule has 0 saturated carbocycles. The van der Waals surface area contributed by atoms with Crippen molar-refractivity contribution in [2.24, 2.45) is 0 Å². The van der Waals surface area contributed by atoms with E-state index in [-0.39, 0.29) is 5.69 Å². The molecular formula is C25H30FN3O3. The summed E-state index contributed by atoms with van der Waals surface area (Å²) >= 11 is 0. The van der Waals surface area contributed by atoms with Crippen LogP contribution in [0.15, 0.2) is 42.6 Å². The van der Waals surface area contributed by atoms with Crippen molar-refractivity contribution in [2.45, 2.75) is 45.2 Å². The summed E-state index contributed by atoms with van der Waals surface area (Å²) < 4.78 is 31.4. The van der Waals surface area contributed by atoms with Gasteiger partial charge < -0.3 is 19.9 Å². The van der Waals surface area contributed by atoms with Crippen molar-refractivity contribution in [1.29, 1.82) is 0 Å². The molecule has 2 aromatic carbocycles. The lowest BCUT2D eigenvalue weighted by Gasteiger charge is -2.38. The molecule has 7 heteroatoms. The normalized spacial score (nSPS) is 19.1. The molecule has 2 atom stereocenters. The SMILES string of the molecule is COc1cc2c(Oc3ccc(N)c(F)c3)ccnc2cc1OCCN1C(C)CCCC1C. The number of nitrogens with two attached hydrogens (primary N) is 1. The number of anilines is 1. The molecule has 1 aliphatic heterocycles. The Hall–Kier alpha value is -3.06. The molecule has 0 radical (unpaired) electrons.